The summed E-state index contributed by atoms with van der Waals surface area (Å²) in [5.74, 6) is 0. The maximum absolute atomic E-state index is 5.51. The molecule has 0 amide bonds. The zero-order valence-corrected chi connectivity index (χ0v) is 14.7. The molecule has 0 spiro atoms. The summed E-state index contributed by atoms with van der Waals surface area (Å²) in [6.45, 7) is 6.82. The highest BCUT2D eigenvalue weighted by Crippen LogP contribution is 2.10. The van der Waals surface area contributed by atoms with Crippen LogP contribution in [0.1, 0.15) is 70.6 Å². The van der Waals surface area contributed by atoms with Crippen LogP contribution >= 0.6 is 0 Å². The van der Waals surface area contributed by atoms with Gasteiger partial charge in [-0.1, -0.05) is 37.8 Å². The molecule has 1 aliphatic heterocycles. The van der Waals surface area contributed by atoms with Gasteiger partial charge in [-0.25, -0.2) is 0 Å². The maximum atomic E-state index is 5.51. The van der Waals surface area contributed by atoms with E-state index in [9.17, 15) is 0 Å². The zero-order valence-electron chi connectivity index (χ0n) is 14.7. The summed E-state index contributed by atoms with van der Waals surface area (Å²) in [5.41, 5.74) is 5.51. The van der Waals surface area contributed by atoms with Crippen molar-refractivity contribution in [2.45, 2.75) is 70.6 Å². The van der Waals surface area contributed by atoms with E-state index in [0.717, 1.165) is 26.1 Å². The Morgan fingerprint density at radius 1 is 0.773 bits per heavy atom. The molecule has 0 aliphatic carbocycles. The van der Waals surface area contributed by atoms with Gasteiger partial charge in [0.15, 0.2) is 0 Å². The number of nitrogens with one attached hydrogen (secondary N) is 1. The van der Waals surface area contributed by atoms with Crippen LogP contribution in [0.3, 0.4) is 0 Å². The SMILES string of the molecule is NCCCNCCCN1CCCC=CCCCCCCCC1. The largest absolute Gasteiger partial charge is 0.330 e. The Kier molecular flexibility index (Phi) is 13.9. The first-order chi connectivity index (χ1) is 10.9. The number of allylic oxidation sites excluding steroid dienone is 2. The second kappa shape index (κ2) is 15.5. The molecule has 1 heterocycles. The van der Waals surface area contributed by atoms with Gasteiger partial charge in [-0.15, -0.1) is 0 Å². The fourth-order valence-corrected chi connectivity index (χ4v) is 3.09. The lowest BCUT2D eigenvalue weighted by Crippen LogP contribution is -2.30. The van der Waals surface area contributed by atoms with Crippen molar-refractivity contribution in [1.82, 2.24) is 10.2 Å². The molecule has 0 aromatic rings. The Bertz CT molecular complexity index is 253. The van der Waals surface area contributed by atoms with E-state index in [1.807, 2.05) is 0 Å². The fraction of sp³-hybridized carbons (Fsp3) is 0.895. The topological polar surface area (TPSA) is 41.3 Å². The Morgan fingerprint density at radius 3 is 2.23 bits per heavy atom. The number of hydrogen-bond donors (Lipinski definition) is 2. The van der Waals surface area contributed by atoms with Crippen LogP contribution in [0.2, 0.25) is 0 Å². The van der Waals surface area contributed by atoms with Gasteiger partial charge in [0.25, 0.3) is 0 Å². The van der Waals surface area contributed by atoms with Crippen molar-refractivity contribution in [3.63, 3.8) is 0 Å². The molecule has 1 rings (SSSR count). The van der Waals surface area contributed by atoms with E-state index in [1.165, 1.54) is 83.8 Å². The third-order valence-electron chi connectivity index (χ3n) is 4.49. The summed E-state index contributed by atoms with van der Waals surface area (Å²) in [6.07, 6.45) is 19.5. The standard InChI is InChI=1S/C19H39N3/c20-14-12-15-21-16-13-19-22-17-10-8-6-4-2-1-3-5-7-9-11-18-22/h4,6,21H,1-3,5,7-20H2. The van der Waals surface area contributed by atoms with Gasteiger partial charge in [0.05, 0.1) is 0 Å². The van der Waals surface area contributed by atoms with Crippen molar-refractivity contribution in [2.24, 2.45) is 5.73 Å². The van der Waals surface area contributed by atoms with E-state index in [-0.39, 0.29) is 0 Å². The Morgan fingerprint density at radius 2 is 1.41 bits per heavy atom. The van der Waals surface area contributed by atoms with Crippen LogP contribution in [0.4, 0.5) is 0 Å². The molecule has 1 aliphatic rings. The van der Waals surface area contributed by atoms with Crippen LogP contribution < -0.4 is 11.1 Å². The van der Waals surface area contributed by atoms with E-state index >= 15 is 0 Å². The predicted molar refractivity (Wildman–Crippen MR) is 98.3 cm³/mol. The number of nitrogens with zero attached hydrogens (tertiary/aromatic N) is 1. The van der Waals surface area contributed by atoms with Gasteiger partial charge in [0.1, 0.15) is 0 Å². The second-order valence-electron chi connectivity index (χ2n) is 6.61. The van der Waals surface area contributed by atoms with Crippen LogP contribution in [-0.2, 0) is 0 Å². The summed E-state index contributed by atoms with van der Waals surface area (Å²) in [6, 6.07) is 0. The third kappa shape index (κ3) is 12.2. The van der Waals surface area contributed by atoms with Crippen molar-refractivity contribution in [1.29, 1.82) is 0 Å². The normalized spacial score (nSPS) is 19.9. The lowest BCUT2D eigenvalue weighted by atomic mass is 10.1. The van der Waals surface area contributed by atoms with Crippen molar-refractivity contribution in [3.05, 3.63) is 12.2 Å². The molecule has 22 heavy (non-hydrogen) atoms. The highest BCUT2D eigenvalue weighted by Gasteiger charge is 2.04. The molecule has 0 saturated heterocycles. The molecule has 3 heteroatoms. The van der Waals surface area contributed by atoms with E-state index in [4.69, 9.17) is 5.73 Å². The van der Waals surface area contributed by atoms with Gasteiger partial charge < -0.3 is 16.0 Å². The molecule has 0 aromatic heterocycles. The molecule has 130 valence electrons. The number of nitrogens with two attached hydrogens (primary N) is 1. The van der Waals surface area contributed by atoms with Crippen LogP contribution in [0.25, 0.3) is 0 Å². The van der Waals surface area contributed by atoms with Crippen LogP contribution in [-0.4, -0.2) is 44.2 Å². The van der Waals surface area contributed by atoms with E-state index in [1.54, 1.807) is 0 Å². The minimum Gasteiger partial charge on any atom is -0.330 e. The van der Waals surface area contributed by atoms with Crippen molar-refractivity contribution in [2.75, 3.05) is 39.3 Å². The van der Waals surface area contributed by atoms with Gasteiger partial charge >= 0.3 is 0 Å². The molecule has 0 unspecified atom stereocenters. The van der Waals surface area contributed by atoms with Crippen molar-refractivity contribution >= 4 is 0 Å². The van der Waals surface area contributed by atoms with Gasteiger partial charge in [0.2, 0.25) is 0 Å². The van der Waals surface area contributed by atoms with Gasteiger partial charge in [0, 0.05) is 0 Å². The van der Waals surface area contributed by atoms with E-state index in [2.05, 4.69) is 22.4 Å². The van der Waals surface area contributed by atoms with Crippen LogP contribution in [0.5, 0.6) is 0 Å². The number of rotatable bonds is 7. The lowest BCUT2D eigenvalue weighted by molar-refractivity contribution is 0.260. The molecular weight excluding hydrogens is 270 g/mol. The Labute approximate surface area is 138 Å². The van der Waals surface area contributed by atoms with Gasteiger partial charge in [-0.3, -0.25) is 0 Å². The van der Waals surface area contributed by atoms with Crippen molar-refractivity contribution < 1.29 is 0 Å². The van der Waals surface area contributed by atoms with Gasteiger partial charge in [-0.2, -0.15) is 0 Å². The molecule has 3 nitrogen and oxygen atoms in total. The molecular formula is C19H39N3. The van der Waals surface area contributed by atoms with Gasteiger partial charge in [-0.05, 0) is 84.2 Å². The van der Waals surface area contributed by atoms with Crippen LogP contribution in [0.15, 0.2) is 12.2 Å². The van der Waals surface area contributed by atoms with Crippen LogP contribution in [0, 0.1) is 0 Å². The first-order valence-electron chi connectivity index (χ1n) is 9.71. The molecule has 0 atom stereocenters. The molecule has 0 aromatic carbocycles. The molecule has 0 bridgehead atoms. The quantitative estimate of drug-likeness (QED) is 0.556. The third-order valence-corrected chi connectivity index (χ3v) is 4.49. The second-order valence-corrected chi connectivity index (χ2v) is 6.61. The first kappa shape index (κ1) is 19.7. The number of hydrogen-bond acceptors (Lipinski definition) is 3. The minimum atomic E-state index is 0.798. The summed E-state index contributed by atoms with van der Waals surface area (Å²) in [5, 5.41) is 3.49. The molecule has 0 radical (unpaired) electrons. The molecule has 0 saturated carbocycles. The average molecular weight is 310 g/mol. The summed E-state index contributed by atoms with van der Waals surface area (Å²) in [4.78, 5) is 2.68. The minimum absolute atomic E-state index is 0.798. The molecule has 0 fully saturated rings. The molecule has 3 N–H and O–H groups in total. The highest BCUT2D eigenvalue weighted by molar-refractivity contribution is 4.81. The van der Waals surface area contributed by atoms with E-state index in [0.29, 0.717) is 0 Å². The maximum Gasteiger partial charge on any atom is -0.000664 e. The lowest BCUT2D eigenvalue weighted by Gasteiger charge is -2.22. The Hall–Kier alpha value is -0.380. The summed E-state index contributed by atoms with van der Waals surface area (Å²) in [7, 11) is 0. The fourth-order valence-electron chi connectivity index (χ4n) is 3.09. The predicted octanol–water partition coefficient (Wildman–Crippen LogP) is 3.70. The monoisotopic (exact) mass is 309 g/mol. The van der Waals surface area contributed by atoms with E-state index < -0.39 is 0 Å². The Balaban J connectivity index is 2.17. The first-order valence-corrected chi connectivity index (χ1v) is 9.71. The average Bonchev–Trinajstić information content (AvgIpc) is 2.54. The zero-order chi connectivity index (χ0) is 15.7. The smallest absolute Gasteiger partial charge is 0.000664 e. The van der Waals surface area contributed by atoms with Crippen molar-refractivity contribution in [3.8, 4) is 0 Å². The summed E-state index contributed by atoms with van der Waals surface area (Å²) >= 11 is 0. The summed E-state index contributed by atoms with van der Waals surface area (Å²) < 4.78 is 0. The highest BCUT2D eigenvalue weighted by atomic mass is 15.1.